The summed E-state index contributed by atoms with van der Waals surface area (Å²) in [6, 6.07) is 11.9. The van der Waals surface area contributed by atoms with Gasteiger partial charge in [0.2, 0.25) is 0 Å². The minimum atomic E-state index is -0.696. The second-order valence-corrected chi connectivity index (χ2v) is 6.72. The van der Waals surface area contributed by atoms with Crippen LogP contribution in [0.1, 0.15) is 41.3 Å². The molecule has 2 rings (SSSR count). The lowest BCUT2D eigenvalue weighted by atomic mass is 10.0. The molecule has 0 aliphatic rings. The lowest BCUT2D eigenvalue weighted by Crippen LogP contribution is -2.30. The highest BCUT2D eigenvalue weighted by molar-refractivity contribution is 5.90. The Hall–Kier alpha value is -3.42. The van der Waals surface area contributed by atoms with E-state index in [1.165, 1.54) is 24.8 Å². The number of benzene rings is 2. The summed E-state index contributed by atoms with van der Waals surface area (Å²) >= 11 is 0. The molecule has 8 nitrogen and oxygen atoms in total. The first-order chi connectivity index (χ1) is 13.8. The quantitative estimate of drug-likeness (QED) is 0.393. The van der Waals surface area contributed by atoms with Crippen LogP contribution in [-0.4, -0.2) is 37.1 Å². The van der Waals surface area contributed by atoms with E-state index in [9.17, 15) is 19.7 Å². The number of rotatable bonds is 9. The zero-order chi connectivity index (χ0) is 21.4. The van der Waals surface area contributed by atoms with Crippen molar-refractivity contribution in [2.75, 3.05) is 20.3 Å². The van der Waals surface area contributed by atoms with Gasteiger partial charge in [-0.2, -0.15) is 0 Å². The molecule has 1 amide bonds. The highest BCUT2D eigenvalue weighted by atomic mass is 16.6. The lowest BCUT2D eigenvalue weighted by molar-refractivity contribution is -0.385. The van der Waals surface area contributed by atoms with E-state index in [1.54, 1.807) is 0 Å². The van der Waals surface area contributed by atoms with Gasteiger partial charge in [0, 0.05) is 12.6 Å². The van der Waals surface area contributed by atoms with Gasteiger partial charge >= 0.3 is 11.7 Å². The summed E-state index contributed by atoms with van der Waals surface area (Å²) in [4.78, 5) is 34.0. The molecule has 2 aromatic rings. The molecule has 0 aromatic heterocycles. The van der Waals surface area contributed by atoms with Crippen LogP contribution in [0.3, 0.4) is 0 Å². The van der Waals surface area contributed by atoms with E-state index in [4.69, 9.17) is 4.74 Å². The summed E-state index contributed by atoms with van der Waals surface area (Å²) in [6.07, 6.45) is 0.665. The summed E-state index contributed by atoms with van der Waals surface area (Å²) < 4.78 is 9.81. The number of nitro groups is 1. The average Bonchev–Trinajstić information content (AvgIpc) is 2.71. The summed E-state index contributed by atoms with van der Waals surface area (Å²) in [5.74, 6) is -0.720. The van der Waals surface area contributed by atoms with Gasteiger partial charge in [-0.1, -0.05) is 38.1 Å². The number of esters is 1. The molecule has 0 bridgehead atoms. The van der Waals surface area contributed by atoms with Gasteiger partial charge in [-0.25, -0.2) is 4.79 Å². The molecular formula is C21H24N2O6. The van der Waals surface area contributed by atoms with Crippen molar-refractivity contribution in [2.45, 2.75) is 26.2 Å². The highest BCUT2D eigenvalue weighted by Gasteiger charge is 2.20. The smallest absolute Gasteiger partial charge is 0.338 e. The fourth-order valence-electron chi connectivity index (χ4n) is 2.64. The molecule has 0 aliphatic carbocycles. The van der Waals surface area contributed by atoms with Crippen molar-refractivity contribution in [3.05, 3.63) is 69.3 Å². The van der Waals surface area contributed by atoms with Gasteiger partial charge in [-0.15, -0.1) is 0 Å². The van der Waals surface area contributed by atoms with Crippen molar-refractivity contribution < 1.29 is 24.0 Å². The average molecular weight is 400 g/mol. The number of methoxy groups -OCH3 is 1. The molecule has 1 N–H and O–H groups in total. The van der Waals surface area contributed by atoms with Crippen LogP contribution in [0.5, 0.6) is 5.75 Å². The van der Waals surface area contributed by atoms with Crippen LogP contribution in [0.15, 0.2) is 42.5 Å². The predicted octanol–water partition coefficient (Wildman–Crippen LogP) is 3.24. The van der Waals surface area contributed by atoms with Gasteiger partial charge in [0.1, 0.15) is 0 Å². The number of nitrogens with zero attached hydrogens (tertiary/aromatic N) is 1. The van der Waals surface area contributed by atoms with Crippen molar-refractivity contribution in [2.24, 2.45) is 0 Å². The van der Waals surface area contributed by atoms with Gasteiger partial charge in [0.25, 0.3) is 5.91 Å². The monoisotopic (exact) mass is 400 g/mol. The summed E-state index contributed by atoms with van der Waals surface area (Å²) in [6.45, 7) is 4.31. The zero-order valence-electron chi connectivity index (χ0n) is 16.6. The first kappa shape index (κ1) is 21.9. The Morgan fingerprint density at radius 1 is 1.14 bits per heavy atom. The molecule has 0 heterocycles. The maximum absolute atomic E-state index is 12.0. The number of hydrogen-bond donors (Lipinski definition) is 1. The highest BCUT2D eigenvalue weighted by Crippen LogP contribution is 2.28. The number of amides is 1. The van der Waals surface area contributed by atoms with Crippen LogP contribution >= 0.6 is 0 Å². The van der Waals surface area contributed by atoms with E-state index < -0.39 is 22.5 Å². The minimum absolute atomic E-state index is 0.0273. The molecular weight excluding hydrogens is 376 g/mol. The number of nitro benzene ring substituents is 1. The first-order valence-electron chi connectivity index (χ1n) is 9.17. The Kier molecular flexibility index (Phi) is 7.70. The van der Waals surface area contributed by atoms with Crippen molar-refractivity contribution in [3.8, 4) is 5.75 Å². The summed E-state index contributed by atoms with van der Waals surface area (Å²) in [5, 5.41) is 13.9. The third-order valence-corrected chi connectivity index (χ3v) is 4.32. The van der Waals surface area contributed by atoms with Crippen LogP contribution in [-0.2, 0) is 16.0 Å². The van der Waals surface area contributed by atoms with Crippen LogP contribution < -0.4 is 10.1 Å². The second kappa shape index (κ2) is 10.2. The maximum atomic E-state index is 12.0. The van der Waals surface area contributed by atoms with E-state index in [-0.39, 0.29) is 17.9 Å². The molecule has 154 valence electrons. The molecule has 0 saturated carbocycles. The molecule has 8 heteroatoms. The van der Waals surface area contributed by atoms with E-state index in [2.05, 4.69) is 36.0 Å². The van der Waals surface area contributed by atoms with Crippen LogP contribution in [0, 0.1) is 10.1 Å². The van der Waals surface area contributed by atoms with E-state index in [0.717, 1.165) is 11.6 Å². The van der Waals surface area contributed by atoms with Crippen LogP contribution in [0.4, 0.5) is 5.69 Å². The summed E-state index contributed by atoms with van der Waals surface area (Å²) in [5.41, 5.74) is 1.97. The number of carbonyl (C=O) groups excluding carboxylic acids is 2. The third-order valence-electron chi connectivity index (χ3n) is 4.32. The Morgan fingerprint density at radius 3 is 2.41 bits per heavy atom. The Morgan fingerprint density at radius 2 is 1.83 bits per heavy atom. The Bertz CT molecular complexity index is 877. The number of ether oxygens (including phenoxy) is 2. The predicted molar refractivity (Wildman–Crippen MR) is 107 cm³/mol. The van der Waals surface area contributed by atoms with Crippen molar-refractivity contribution >= 4 is 17.6 Å². The molecule has 0 spiro atoms. The number of nitrogens with one attached hydrogen (secondary N) is 1. The largest absolute Gasteiger partial charge is 0.477 e. The summed E-state index contributed by atoms with van der Waals surface area (Å²) in [7, 11) is 1.18. The standard InChI is InChI=1S/C21H24N2O6/c1-14(2)16-6-4-15(5-7-16)10-11-22-20(24)13-29-19-9-8-17(21(25)28-3)12-18(19)23(26)27/h4-9,12,14H,10-11,13H2,1-3H3,(H,22,24). The molecule has 0 atom stereocenters. The van der Waals surface area contributed by atoms with E-state index in [1.807, 2.05) is 12.1 Å². The Labute approximate surface area is 169 Å². The fourth-order valence-corrected chi connectivity index (χ4v) is 2.64. The zero-order valence-corrected chi connectivity index (χ0v) is 16.6. The lowest BCUT2D eigenvalue weighted by Gasteiger charge is -2.09. The first-order valence-corrected chi connectivity index (χ1v) is 9.17. The normalized spacial score (nSPS) is 10.5. The third kappa shape index (κ3) is 6.31. The van der Waals surface area contributed by atoms with E-state index in [0.29, 0.717) is 18.9 Å². The van der Waals surface area contributed by atoms with Crippen molar-refractivity contribution in [1.29, 1.82) is 0 Å². The molecule has 0 fully saturated rings. The molecule has 0 unspecified atom stereocenters. The second-order valence-electron chi connectivity index (χ2n) is 6.72. The number of hydrogen-bond acceptors (Lipinski definition) is 6. The van der Waals surface area contributed by atoms with Gasteiger partial charge < -0.3 is 14.8 Å². The molecule has 2 aromatic carbocycles. The number of carbonyl (C=O) groups is 2. The molecule has 29 heavy (non-hydrogen) atoms. The van der Waals surface area contributed by atoms with Gasteiger partial charge in [-0.05, 0) is 35.6 Å². The fraction of sp³-hybridized carbons (Fsp3) is 0.333. The molecule has 0 saturated heterocycles. The van der Waals surface area contributed by atoms with Crippen LogP contribution in [0.25, 0.3) is 0 Å². The van der Waals surface area contributed by atoms with Gasteiger partial charge in [-0.3, -0.25) is 14.9 Å². The van der Waals surface area contributed by atoms with Crippen LogP contribution in [0.2, 0.25) is 0 Å². The molecule has 0 radical (unpaired) electrons. The van der Waals surface area contributed by atoms with Gasteiger partial charge in [0.05, 0.1) is 17.6 Å². The van der Waals surface area contributed by atoms with Crippen molar-refractivity contribution in [3.63, 3.8) is 0 Å². The van der Waals surface area contributed by atoms with Crippen molar-refractivity contribution in [1.82, 2.24) is 5.32 Å². The SMILES string of the molecule is COC(=O)c1ccc(OCC(=O)NCCc2ccc(C(C)C)cc2)c([N+](=O)[O-])c1. The Balaban J connectivity index is 1.87. The molecule has 0 aliphatic heterocycles. The van der Waals surface area contributed by atoms with E-state index >= 15 is 0 Å². The topological polar surface area (TPSA) is 108 Å². The minimum Gasteiger partial charge on any atom is -0.477 e. The van der Waals surface area contributed by atoms with Gasteiger partial charge in [0.15, 0.2) is 12.4 Å². The maximum Gasteiger partial charge on any atom is 0.338 e.